The SMILES string of the molecule is Cc1cc(-c2cc(C(C)(C)C)cc(C(C)(C)C)c2)cc(N2C(=O)c3ccc(C(c4ccc5c(c4)C(=O)N(c4c(C)cc(C)c(N6C(=O)c7ccc(C(c8ccc9c(c8)C(=O)N(C)C9=O)(C(F)(F)F)C(F)(F)F)cc7C6=O)c4C)C5=O)(C(F)(F)F)C(F)(F)F)cc3C2=O)c1. The summed E-state index contributed by atoms with van der Waals surface area (Å²) in [4.78, 5) is 114. The fourth-order valence-electron chi connectivity index (χ4n) is 13.2. The Balaban J connectivity index is 0.958. The van der Waals surface area contributed by atoms with E-state index in [1.807, 2.05) is 53.7 Å². The minimum atomic E-state index is -6.36. The molecule has 7 aromatic carbocycles. The van der Waals surface area contributed by atoms with E-state index in [9.17, 15) is 38.4 Å². The highest BCUT2D eigenvalue weighted by Crippen LogP contribution is 2.59. The number of aryl methyl sites for hydroxylation is 3. The number of imide groups is 4. The van der Waals surface area contributed by atoms with Crippen LogP contribution in [0, 0.1) is 27.7 Å². The molecule has 0 saturated carbocycles. The van der Waals surface area contributed by atoms with E-state index in [1.54, 1.807) is 13.0 Å². The van der Waals surface area contributed by atoms with Gasteiger partial charge in [0.2, 0.25) is 10.8 Å². The minimum absolute atomic E-state index is 0.0253. The van der Waals surface area contributed by atoms with E-state index in [0.29, 0.717) is 90.9 Å². The Hall–Kier alpha value is -9.74. The normalized spacial score (nSPS) is 15.8. The zero-order valence-corrected chi connectivity index (χ0v) is 51.1. The van der Waals surface area contributed by atoms with E-state index >= 15 is 52.7 Å². The fraction of sp³-hybridized carbons (Fsp3) is 0.275. The van der Waals surface area contributed by atoms with E-state index in [4.69, 9.17) is 0 Å². The molecule has 4 aliphatic rings. The topological polar surface area (TPSA) is 150 Å². The predicted molar refractivity (Wildman–Crippen MR) is 316 cm³/mol. The first-order valence-corrected chi connectivity index (χ1v) is 28.6. The maximum Gasteiger partial charge on any atom is 0.411 e. The van der Waals surface area contributed by atoms with Gasteiger partial charge in [-0.05, 0) is 166 Å². The van der Waals surface area contributed by atoms with Crippen LogP contribution < -0.4 is 14.7 Å². The molecule has 11 rings (SSSR count). The molecule has 12 nitrogen and oxygen atoms in total. The zero-order valence-electron chi connectivity index (χ0n) is 51.1. The number of amides is 8. The Bertz CT molecular complexity index is 4520. The predicted octanol–water partition coefficient (Wildman–Crippen LogP) is 15.6. The van der Waals surface area contributed by atoms with Crippen LogP contribution in [0.3, 0.4) is 0 Å². The standard InChI is InChI=1S/C69H52F12N4O8/c1-31-20-35(36-23-41(62(5,6)7)26-42(24-36)63(8,9)10)25-43(21-31)83-56(88)45-17-13-38(28-49(45)59(83)91)65(68(76,77)78,69(79,80)81)40-15-19-47-51(30-40)61(93)85(58(47)90)53-33(3)22-32(2)52(34(53)4)84-57(89)46-18-14-39(29-50(46)60(84)92)64(66(70,71)72,67(73,74)75)37-12-16-44-48(27-37)55(87)82(11)54(44)86/h12-30H,1-11H3. The van der Waals surface area contributed by atoms with Gasteiger partial charge in [0.15, 0.2) is 0 Å². The Kier molecular flexibility index (Phi) is 14.4. The summed E-state index contributed by atoms with van der Waals surface area (Å²) in [5.74, 6) is -10.2. The lowest BCUT2D eigenvalue weighted by Crippen LogP contribution is -2.55. The average Bonchev–Trinajstić information content (AvgIpc) is 1.71. The zero-order chi connectivity index (χ0) is 68.6. The van der Waals surface area contributed by atoms with Gasteiger partial charge in [0.25, 0.3) is 47.3 Å². The highest BCUT2D eigenvalue weighted by molar-refractivity contribution is 6.38. The molecule has 0 saturated heterocycles. The van der Waals surface area contributed by atoms with Crippen LogP contribution in [0.4, 0.5) is 69.7 Å². The van der Waals surface area contributed by atoms with Gasteiger partial charge in [-0.3, -0.25) is 43.3 Å². The lowest BCUT2D eigenvalue weighted by molar-refractivity contribution is -0.290. The summed E-state index contributed by atoms with van der Waals surface area (Å²) in [6, 6.07) is 16.6. The van der Waals surface area contributed by atoms with Gasteiger partial charge in [-0.15, -0.1) is 0 Å². The first kappa shape index (κ1) is 64.8. The third-order valence-corrected chi connectivity index (χ3v) is 17.8. The molecule has 93 heavy (non-hydrogen) atoms. The number of benzene rings is 7. The van der Waals surface area contributed by atoms with Gasteiger partial charge in [0.1, 0.15) is 0 Å². The van der Waals surface area contributed by atoms with Crippen molar-refractivity contribution in [1.29, 1.82) is 0 Å². The molecule has 0 unspecified atom stereocenters. The van der Waals surface area contributed by atoms with Crippen molar-refractivity contribution in [2.75, 3.05) is 21.7 Å². The summed E-state index contributed by atoms with van der Waals surface area (Å²) < 4.78 is 189. The number of hydrogen-bond acceptors (Lipinski definition) is 8. The third kappa shape index (κ3) is 9.33. The summed E-state index contributed by atoms with van der Waals surface area (Å²) in [7, 11) is 0.958. The van der Waals surface area contributed by atoms with Gasteiger partial charge < -0.3 is 0 Å². The second-order valence-corrected chi connectivity index (χ2v) is 25.7. The summed E-state index contributed by atoms with van der Waals surface area (Å²) in [5.41, 5.74) is -21.1. The van der Waals surface area contributed by atoms with Gasteiger partial charge in [-0.2, -0.15) is 52.7 Å². The summed E-state index contributed by atoms with van der Waals surface area (Å²) in [6.45, 7) is 17.5. The van der Waals surface area contributed by atoms with Crippen molar-refractivity contribution in [2.45, 2.75) is 116 Å². The van der Waals surface area contributed by atoms with Gasteiger partial charge >= 0.3 is 24.7 Å². The molecule has 0 N–H and O–H groups in total. The molecule has 0 bridgehead atoms. The highest BCUT2D eigenvalue weighted by Gasteiger charge is 2.74. The van der Waals surface area contributed by atoms with E-state index in [-0.39, 0.29) is 51.4 Å². The maximum absolute atomic E-state index is 16.0. The van der Waals surface area contributed by atoms with E-state index in [2.05, 4.69) is 6.07 Å². The van der Waals surface area contributed by atoms with E-state index in [0.717, 1.165) is 25.1 Å². The monoisotopic (exact) mass is 1290 g/mol. The van der Waals surface area contributed by atoms with Crippen molar-refractivity contribution < 1.29 is 91.0 Å². The molecule has 4 aliphatic heterocycles. The van der Waals surface area contributed by atoms with Crippen molar-refractivity contribution in [3.63, 3.8) is 0 Å². The Morgan fingerprint density at radius 1 is 0.301 bits per heavy atom. The van der Waals surface area contributed by atoms with Crippen LogP contribution in [0.5, 0.6) is 0 Å². The van der Waals surface area contributed by atoms with Crippen molar-refractivity contribution in [1.82, 2.24) is 4.90 Å². The smallest absolute Gasteiger partial charge is 0.277 e. The number of rotatable bonds is 8. The average molecular weight is 1290 g/mol. The van der Waals surface area contributed by atoms with Gasteiger partial charge in [-0.25, -0.2) is 14.7 Å². The third-order valence-electron chi connectivity index (χ3n) is 17.8. The van der Waals surface area contributed by atoms with Crippen molar-refractivity contribution in [3.05, 3.63) is 215 Å². The van der Waals surface area contributed by atoms with Crippen LogP contribution >= 0.6 is 0 Å². The van der Waals surface area contributed by atoms with Crippen LogP contribution in [0.2, 0.25) is 0 Å². The van der Waals surface area contributed by atoms with Crippen LogP contribution in [0.25, 0.3) is 11.1 Å². The number of carbonyl (C=O) groups excluding carboxylic acids is 8. The molecule has 24 heteroatoms. The van der Waals surface area contributed by atoms with Gasteiger partial charge in [0.05, 0.1) is 61.6 Å². The molecule has 7 aromatic rings. The molecular formula is C69H52F12N4O8. The Morgan fingerprint density at radius 3 is 0.935 bits per heavy atom. The molecule has 0 fully saturated rings. The quantitative estimate of drug-likeness (QED) is 0.108. The number of anilines is 3. The lowest BCUT2D eigenvalue weighted by Gasteiger charge is -2.38. The first-order valence-electron chi connectivity index (χ1n) is 28.6. The second kappa shape index (κ2) is 20.6. The lowest BCUT2D eigenvalue weighted by atomic mass is 9.71. The molecule has 0 aliphatic carbocycles. The second-order valence-electron chi connectivity index (χ2n) is 25.7. The van der Waals surface area contributed by atoms with Crippen molar-refractivity contribution >= 4 is 64.3 Å². The molecule has 4 heterocycles. The number of carbonyl (C=O) groups is 8. The number of alkyl halides is 12. The van der Waals surface area contributed by atoms with E-state index in [1.165, 1.54) is 32.0 Å². The van der Waals surface area contributed by atoms with Crippen LogP contribution in [0.1, 0.15) is 180 Å². The molecule has 480 valence electrons. The largest absolute Gasteiger partial charge is 0.411 e. The maximum atomic E-state index is 16.0. The number of nitrogens with zero attached hydrogens (tertiary/aromatic N) is 4. The molecule has 0 radical (unpaired) electrons. The Labute approximate surface area is 522 Å². The number of hydrogen-bond donors (Lipinski definition) is 0. The molecular weight excluding hydrogens is 1240 g/mol. The van der Waals surface area contributed by atoms with Crippen LogP contribution in [-0.2, 0) is 21.7 Å². The van der Waals surface area contributed by atoms with Crippen molar-refractivity contribution in [2.24, 2.45) is 0 Å². The molecule has 0 aromatic heterocycles. The fourth-order valence-corrected chi connectivity index (χ4v) is 13.2. The van der Waals surface area contributed by atoms with Gasteiger partial charge in [-0.1, -0.05) is 96.1 Å². The van der Waals surface area contributed by atoms with Gasteiger partial charge in [0, 0.05) is 7.05 Å². The summed E-state index contributed by atoms with van der Waals surface area (Å²) in [5, 5.41) is 0. The molecule has 8 amide bonds. The number of fused-ring (bicyclic) bond motifs is 4. The summed E-state index contributed by atoms with van der Waals surface area (Å²) >= 11 is 0. The van der Waals surface area contributed by atoms with E-state index < -0.39 is 161 Å². The summed E-state index contributed by atoms with van der Waals surface area (Å²) in [6.07, 6.45) is -25.3. The minimum Gasteiger partial charge on any atom is -0.277 e. The van der Waals surface area contributed by atoms with Crippen molar-refractivity contribution in [3.8, 4) is 11.1 Å². The van der Waals surface area contributed by atoms with Crippen LogP contribution in [0.15, 0.2) is 115 Å². The molecule has 0 spiro atoms. The van der Waals surface area contributed by atoms with Crippen LogP contribution in [-0.4, -0.2) is 83.9 Å². The Morgan fingerprint density at radius 2 is 0.591 bits per heavy atom. The highest BCUT2D eigenvalue weighted by atomic mass is 19.4. The first-order chi connectivity index (χ1) is 42.8. The molecule has 0 atom stereocenters. The number of halogens is 12.